The van der Waals surface area contributed by atoms with Crippen LogP contribution in [0.2, 0.25) is 5.02 Å². The molecule has 0 saturated heterocycles. The molecular formula is C22H21ClN6O4. The highest BCUT2D eigenvalue weighted by atomic mass is 35.5. The molecule has 0 radical (unpaired) electrons. The van der Waals surface area contributed by atoms with Crippen molar-refractivity contribution >= 4 is 51.2 Å². The van der Waals surface area contributed by atoms with Gasteiger partial charge in [-0.15, -0.1) is 0 Å². The van der Waals surface area contributed by atoms with E-state index in [1.54, 1.807) is 18.2 Å². The molecule has 0 unspecified atom stereocenters. The highest BCUT2D eigenvalue weighted by molar-refractivity contribution is 6.32. The van der Waals surface area contributed by atoms with Crippen molar-refractivity contribution in [2.24, 2.45) is 0 Å². The lowest BCUT2D eigenvalue weighted by molar-refractivity contribution is -0.384. The van der Waals surface area contributed by atoms with Crippen LogP contribution in [-0.2, 0) is 4.74 Å². The SMILES string of the molecule is CCOCCCNC(=O)c1c(N)n(-c2ccc(Cl)c([N+](=O)[O-])c2)c2nc3ccccc3nc12. The van der Waals surface area contributed by atoms with Crippen molar-refractivity contribution in [1.29, 1.82) is 0 Å². The highest BCUT2D eigenvalue weighted by Crippen LogP contribution is 2.34. The number of anilines is 1. The summed E-state index contributed by atoms with van der Waals surface area (Å²) in [6.45, 7) is 3.41. The summed E-state index contributed by atoms with van der Waals surface area (Å²) in [6, 6.07) is 11.5. The van der Waals surface area contributed by atoms with E-state index in [0.29, 0.717) is 54.1 Å². The second-order valence-corrected chi connectivity index (χ2v) is 7.59. The number of halogens is 1. The summed E-state index contributed by atoms with van der Waals surface area (Å²) in [4.78, 5) is 33.2. The van der Waals surface area contributed by atoms with Crippen LogP contribution in [0, 0.1) is 10.1 Å². The van der Waals surface area contributed by atoms with Gasteiger partial charge in [0.25, 0.3) is 11.6 Å². The Balaban J connectivity index is 1.87. The number of rotatable bonds is 8. The number of para-hydroxylation sites is 2. The van der Waals surface area contributed by atoms with Gasteiger partial charge in [-0.3, -0.25) is 19.5 Å². The lowest BCUT2D eigenvalue weighted by Gasteiger charge is -2.09. The molecule has 2 heterocycles. The topological polar surface area (TPSA) is 138 Å². The van der Waals surface area contributed by atoms with Crippen LogP contribution in [-0.4, -0.2) is 45.1 Å². The van der Waals surface area contributed by atoms with E-state index in [1.807, 2.05) is 19.1 Å². The average molecular weight is 469 g/mol. The molecule has 0 bridgehead atoms. The number of nitrogens with one attached hydrogen (secondary N) is 1. The molecule has 33 heavy (non-hydrogen) atoms. The Morgan fingerprint density at radius 1 is 1.24 bits per heavy atom. The molecule has 0 aliphatic carbocycles. The lowest BCUT2D eigenvalue weighted by atomic mass is 10.2. The van der Waals surface area contributed by atoms with Crippen molar-refractivity contribution in [1.82, 2.24) is 19.9 Å². The van der Waals surface area contributed by atoms with Gasteiger partial charge in [0.2, 0.25) is 0 Å². The fourth-order valence-corrected chi connectivity index (χ4v) is 3.72. The third-order valence-corrected chi connectivity index (χ3v) is 5.38. The van der Waals surface area contributed by atoms with Crippen molar-refractivity contribution in [3.8, 4) is 5.69 Å². The monoisotopic (exact) mass is 468 g/mol. The quantitative estimate of drug-likeness (QED) is 0.227. The largest absolute Gasteiger partial charge is 0.384 e. The Hall–Kier alpha value is -3.76. The van der Waals surface area contributed by atoms with Crippen molar-refractivity contribution in [3.63, 3.8) is 0 Å². The number of hydrogen-bond donors (Lipinski definition) is 2. The Kier molecular flexibility index (Phi) is 6.38. The van der Waals surface area contributed by atoms with Crippen LogP contribution in [0.3, 0.4) is 0 Å². The van der Waals surface area contributed by atoms with Crippen molar-refractivity contribution in [2.75, 3.05) is 25.5 Å². The van der Waals surface area contributed by atoms with Gasteiger partial charge < -0.3 is 15.8 Å². The average Bonchev–Trinajstić information content (AvgIpc) is 3.08. The van der Waals surface area contributed by atoms with Gasteiger partial charge >= 0.3 is 0 Å². The number of nitrogen functional groups attached to an aromatic ring is 1. The molecule has 0 atom stereocenters. The number of carbonyl (C=O) groups excluding carboxylic acids is 1. The maximum Gasteiger partial charge on any atom is 0.289 e. The number of carbonyl (C=O) groups is 1. The van der Waals surface area contributed by atoms with Crippen LogP contribution in [0.15, 0.2) is 42.5 Å². The van der Waals surface area contributed by atoms with Gasteiger partial charge in [-0.2, -0.15) is 0 Å². The first-order chi connectivity index (χ1) is 15.9. The third-order valence-electron chi connectivity index (χ3n) is 5.06. The van der Waals surface area contributed by atoms with Crippen LogP contribution in [0.4, 0.5) is 11.5 Å². The number of benzene rings is 2. The fraction of sp³-hybridized carbons (Fsp3) is 0.227. The number of nitrogens with zero attached hydrogens (tertiary/aromatic N) is 4. The number of nitrogens with two attached hydrogens (primary N) is 1. The molecule has 10 nitrogen and oxygen atoms in total. The van der Waals surface area contributed by atoms with E-state index in [-0.39, 0.29) is 22.1 Å². The first-order valence-electron chi connectivity index (χ1n) is 10.3. The van der Waals surface area contributed by atoms with E-state index in [9.17, 15) is 14.9 Å². The van der Waals surface area contributed by atoms with Crippen molar-refractivity contribution < 1.29 is 14.5 Å². The highest BCUT2D eigenvalue weighted by Gasteiger charge is 2.26. The van der Waals surface area contributed by atoms with E-state index < -0.39 is 10.8 Å². The summed E-state index contributed by atoms with van der Waals surface area (Å²) in [5.41, 5.74) is 8.42. The zero-order chi connectivity index (χ0) is 23.5. The Morgan fingerprint density at radius 3 is 2.67 bits per heavy atom. The van der Waals surface area contributed by atoms with Crippen molar-refractivity contribution in [3.05, 3.63) is 63.2 Å². The predicted molar refractivity (Wildman–Crippen MR) is 126 cm³/mol. The minimum Gasteiger partial charge on any atom is -0.384 e. The smallest absolute Gasteiger partial charge is 0.289 e. The van der Waals surface area contributed by atoms with Gasteiger partial charge in [-0.25, -0.2) is 9.97 Å². The summed E-state index contributed by atoms with van der Waals surface area (Å²) in [5, 5.41) is 14.2. The number of amides is 1. The molecule has 0 aliphatic heterocycles. The second-order valence-electron chi connectivity index (χ2n) is 7.18. The number of aromatic nitrogens is 3. The Bertz CT molecular complexity index is 1370. The molecule has 3 N–H and O–H groups in total. The Morgan fingerprint density at radius 2 is 1.97 bits per heavy atom. The van der Waals surface area contributed by atoms with Crippen LogP contribution < -0.4 is 11.1 Å². The van der Waals surface area contributed by atoms with E-state index in [0.717, 1.165) is 0 Å². The summed E-state index contributed by atoms with van der Waals surface area (Å²) < 4.78 is 6.78. The maximum absolute atomic E-state index is 13.1. The summed E-state index contributed by atoms with van der Waals surface area (Å²) in [5.74, 6) is -0.347. The minimum absolute atomic E-state index is 0.0115. The minimum atomic E-state index is -0.583. The lowest BCUT2D eigenvalue weighted by Crippen LogP contribution is -2.26. The van der Waals surface area contributed by atoms with Gasteiger partial charge in [-0.05, 0) is 37.6 Å². The zero-order valence-electron chi connectivity index (χ0n) is 17.7. The van der Waals surface area contributed by atoms with Crippen LogP contribution >= 0.6 is 11.6 Å². The summed E-state index contributed by atoms with van der Waals surface area (Å²) in [6.07, 6.45) is 0.635. The molecule has 4 rings (SSSR count). The van der Waals surface area contributed by atoms with E-state index in [4.69, 9.17) is 22.1 Å². The van der Waals surface area contributed by atoms with Crippen LogP contribution in [0.5, 0.6) is 0 Å². The number of fused-ring (bicyclic) bond motifs is 2. The van der Waals surface area contributed by atoms with Gasteiger partial charge in [0.15, 0.2) is 5.65 Å². The molecule has 0 aliphatic rings. The molecule has 170 valence electrons. The fourth-order valence-electron chi connectivity index (χ4n) is 3.54. The standard InChI is InChI=1S/C22H21ClN6O4/c1-2-33-11-5-10-25-22(30)18-19-21(27-16-7-4-3-6-15(16)26-19)28(20(18)24)13-8-9-14(23)17(12-13)29(31)32/h3-4,6-9,12H,2,5,10-11,24H2,1H3,(H,25,30). The van der Waals surface area contributed by atoms with Crippen LogP contribution in [0.25, 0.3) is 27.9 Å². The second kappa shape index (κ2) is 9.39. The maximum atomic E-state index is 13.1. The molecule has 2 aromatic heterocycles. The first-order valence-corrected chi connectivity index (χ1v) is 10.7. The predicted octanol–water partition coefficient (Wildman–Crippen LogP) is 3.87. The Labute approximate surface area is 193 Å². The molecule has 0 fully saturated rings. The first kappa shape index (κ1) is 22.4. The van der Waals surface area contributed by atoms with Gasteiger partial charge in [0, 0.05) is 25.8 Å². The van der Waals surface area contributed by atoms with Crippen molar-refractivity contribution in [2.45, 2.75) is 13.3 Å². The van der Waals surface area contributed by atoms with E-state index >= 15 is 0 Å². The van der Waals surface area contributed by atoms with E-state index in [1.165, 1.54) is 16.7 Å². The number of hydrogen-bond acceptors (Lipinski definition) is 7. The molecular weight excluding hydrogens is 448 g/mol. The zero-order valence-corrected chi connectivity index (χ0v) is 18.5. The molecule has 2 aromatic carbocycles. The summed E-state index contributed by atoms with van der Waals surface area (Å²) in [7, 11) is 0. The third kappa shape index (κ3) is 4.30. The van der Waals surface area contributed by atoms with Gasteiger partial charge in [0.05, 0.1) is 21.6 Å². The number of ether oxygens (including phenoxy) is 1. The molecule has 0 saturated carbocycles. The van der Waals surface area contributed by atoms with Gasteiger partial charge in [0.1, 0.15) is 21.9 Å². The normalized spacial score (nSPS) is 11.2. The molecule has 11 heteroatoms. The van der Waals surface area contributed by atoms with Crippen LogP contribution in [0.1, 0.15) is 23.7 Å². The number of nitro groups is 1. The molecule has 4 aromatic rings. The van der Waals surface area contributed by atoms with E-state index in [2.05, 4.69) is 15.3 Å². The van der Waals surface area contributed by atoms with Gasteiger partial charge in [-0.1, -0.05) is 23.7 Å². The number of nitro benzene ring substituents is 1. The molecule has 0 spiro atoms. The molecule has 1 amide bonds. The summed E-state index contributed by atoms with van der Waals surface area (Å²) >= 11 is 5.98.